The van der Waals surface area contributed by atoms with E-state index < -0.39 is 29.8 Å². The van der Waals surface area contributed by atoms with Crippen molar-refractivity contribution in [2.45, 2.75) is 38.2 Å². The maximum absolute atomic E-state index is 13.5. The van der Waals surface area contributed by atoms with Crippen molar-refractivity contribution in [3.8, 4) is 0 Å². The van der Waals surface area contributed by atoms with Crippen molar-refractivity contribution in [1.82, 2.24) is 0 Å². The molecule has 16 heavy (non-hydrogen) atoms. The number of nitrogens with two attached hydrogens (primary N) is 1. The Hall–Kier alpha value is -0.710. The molecule has 0 saturated heterocycles. The first-order chi connectivity index (χ1) is 7.47. The van der Waals surface area contributed by atoms with E-state index in [1.807, 2.05) is 0 Å². The third kappa shape index (κ3) is 1.71. The third-order valence-electron chi connectivity index (χ3n) is 3.87. The number of hydrogen-bond acceptors (Lipinski definition) is 3. The molecule has 0 radical (unpaired) electrons. The van der Waals surface area contributed by atoms with Crippen LogP contribution in [-0.2, 0) is 9.53 Å². The second kappa shape index (κ2) is 3.95. The van der Waals surface area contributed by atoms with Crippen LogP contribution in [-0.4, -0.2) is 24.5 Å². The van der Waals surface area contributed by atoms with E-state index in [2.05, 4.69) is 0 Å². The molecule has 0 aliphatic heterocycles. The monoisotopic (exact) mass is 233 g/mol. The number of halogens is 2. The highest BCUT2D eigenvalue weighted by Gasteiger charge is 2.59. The number of esters is 1. The average Bonchev–Trinajstić information content (AvgIpc) is 2.16. The van der Waals surface area contributed by atoms with Crippen LogP contribution in [0.4, 0.5) is 8.78 Å². The van der Waals surface area contributed by atoms with Gasteiger partial charge in [-0.1, -0.05) is 0 Å². The SMILES string of the molecule is CCOC(=O)[C@H]1[C@@H]2CC[C@H]([C@H]1N)C(F)(F)C2. The molecule has 0 amide bonds. The van der Waals surface area contributed by atoms with Crippen molar-refractivity contribution >= 4 is 5.97 Å². The Bertz CT molecular complexity index is 294. The molecule has 3 rings (SSSR count). The fraction of sp³-hybridized carbons (Fsp3) is 0.909. The third-order valence-corrected chi connectivity index (χ3v) is 3.87. The molecule has 3 fully saturated rings. The van der Waals surface area contributed by atoms with Crippen molar-refractivity contribution in [2.75, 3.05) is 6.61 Å². The molecule has 4 atom stereocenters. The molecule has 3 aliphatic rings. The molecule has 92 valence electrons. The zero-order valence-electron chi connectivity index (χ0n) is 9.29. The van der Waals surface area contributed by atoms with Crippen LogP contribution in [0, 0.1) is 17.8 Å². The average molecular weight is 233 g/mol. The molecule has 2 N–H and O–H groups in total. The van der Waals surface area contributed by atoms with Gasteiger partial charge in [-0.3, -0.25) is 4.79 Å². The molecule has 3 aliphatic carbocycles. The fourth-order valence-corrected chi connectivity index (χ4v) is 3.14. The number of fused-ring (bicyclic) bond motifs is 3. The van der Waals surface area contributed by atoms with Crippen molar-refractivity contribution in [2.24, 2.45) is 23.5 Å². The molecule has 0 unspecified atom stereocenters. The van der Waals surface area contributed by atoms with Crippen LogP contribution in [0.5, 0.6) is 0 Å². The summed E-state index contributed by atoms with van der Waals surface area (Å²) in [5.74, 6) is -4.80. The Balaban J connectivity index is 2.16. The Kier molecular flexibility index (Phi) is 2.90. The summed E-state index contributed by atoms with van der Waals surface area (Å²) in [6.45, 7) is 1.98. The Morgan fingerprint density at radius 1 is 1.50 bits per heavy atom. The summed E-state index contributed by atoms with van der Waals surface area (Å²) >= 11 is 0. The Morgan fingerprint density at radius 2 is 2.19 bits per heavy atom. The van der Waals surface area contributed by atoms with E-state index in [9.17, 15) is 13.6 Å². The van der Waals surface area contributed by atoms with Crippen molar-refractivity contribution < 1.29 is 18.3 Å². The summed E-state index contributed by atoms with van der Waals surface area (Å²) in [5.41, 5.74) is 5.79. The van der Waals surface area contributed by atoms with Crippen LogP contribution in [0.2, 0.25) is 0 Å². The second-order valence-electron chi connectivity index (χ2n) is 4.76. The first kappa shape index (κ1) is 11.8. The highest BCUT2D eigenvalue weighted by molar-refractivity contribution is 5.74. The molecule has 0 aromatic heterocycles. The maximum atomic E-state index is 13.5. The molecule has 0 aromatic rings. The van der Waals surface area contributed by atoms with Crippen LogP contribution < -0.4 is 5.73 Å². The fourth-order valence-electron chi connectivity index (χ4n) is 3.14. The van der Waals surface area contributed by atoms with E-state index in [1.165, 1.54) is 0 Å². The summed E-state index contributed by atoms with van der Waals surface area (Å²) in [5, 5.41) is 0. The molecule has 3 saturated carbocycles. The van der Waals surface area contributed by atoms with Crippen LogP contribution >= 0.6 is 0 Å². The Labute approximate surface area is 93.3 Å². The van der Waals surface area contributed by atoms with Crippen molar-refractivity contribution in [3.63, 3.8) is 0 Å². The number of ether oxygens (including phenoxy) is 1. The van der Waals surface area contributed by atoms with Gasteiger partial charge in [0.05, 0.1) is 12.5 Å². The summed E-state index contributed by atoms with van der Waals surface area (Å²) in [6.07, 6.45) is 0.876. The number of alkyl halides is 2. The minimum Gasteiger partial charge on any atom is -0.466 e. The standard InChI is InChI=1S/C11H17F2NO2/c1-2-16-10(15)8-6-3-4-7(9(8)14)11(12,13)5-6/h6-9H,2-5,14H2,1H3/t6-,7-,8+,9-/m1/s1. The predicted molar refractivity (Wildman–Crippen MR) is 53.9 cm³/mol. The van der Waals surface area contributed by atoms with Gasteiger partial charge in [0.15, 0.2) is 0 Å². The van der Waals surface area contributed by atoms with E-state index in [0.717, 1.165) is 0 Å². The molecule has 0 heterocycles. The van der Waals surface area contributed by atoms with Gasteiger partial charge in [-0.2, -0.15) is 0 Å². The minimum absolute atomic E-state index is 0.213. The largest absolute Gasteiger partial charge is 0.466 e. The highest BCUT2D eigenvalue weighted by atomic mass is 19.3. The second-order valence-corrected chi connectivity index (χ2v) is 4.76. The molecule has 5 heteroatoms. The zero-order valence-corrected chi connectivity index (χ0v) is 9.29. The summed E-state index contributed by atoms with van der Waals surface area (Å²) < 4.78 is 32.0. The minimum atomic E-state index is -2.70. The lowest BCUT2D eigenvalue weighted by Crippen LogP contribution is -2.60. The quantitative estimate of drug-likeness (QED) is 0.736. The van der Waals surface area contributed by atoms with E-state index in [-0.39, 0.29) is 18.9 Å². The first-order valence-electron chi connectivity index (χ1n) is 5.77. The van der Waals surface area contributed by atoms with Gasteiger partial charge >= 0.3 is 5.97 Å². The lowest BCUT2D eigenvalue weighted by molar-refractivity contribution is -0.181. The lowest BCUT2D eigenvalue weighted by Gasteiger charge is -2.49. The van der Waals surface area contributed by atoms with Crippen LogP contribution in [0.3, 0.4) is 0 Å². The zero-order chi connectivity index (χ0) is 11.9. The van der Waals surface area contributed by atoms with E-state index >= 15 is 0 Å². The summed E-state index contributed by atoms with van der Waals surface area (Å²) in [7, 11) is 0. The maximum Gasteiger partial charge on any atom is 0.310 e. The lowest BCUT2D eigenvalue weighted by atomic mass is 9.60. The Morgan fingerprint density at radius 3 is 2.69 bits per heavy atom. The van der Waals surface area contributed by atoms with Crippen LogP contribution in [0.15, 0.2) is 0 Å². The molecule has 0 spiro atoms. The molecule has 2 bridgehead atoms. The van der Waals surface area contributed by atoms with Gasteiger partial charge in [0, 0.05) is 18.4 Å². The van der Waals surface area contributed by atoms with Gasteiger partial charge in [0.25, 0.3) is 5.92 Å². The number of carbonyl (C=O) groups excluding carboxylic acids is 1. The summed E-state index contributed by atoms with van der Waals surface area (Å²) in [4.78, 5) is 11.7. The first-order valence-corrected chi connectivity index (χ1v) is 5.77. The normalized spacial score (nSPS) is 40.8. The van der Waals surface area contributed by atoms with Gasteiger partial charge in [-0.05, 0) is 25.7 Å². The molecular weight excluding hydrogens is 216 g/mol. The van der Waals surface area contributed by atoms with Gasteiger partial charge in [0.2, 0.25) is 0 Å². The predicted octanol–water partition coefficient (Wildman–Crippen LogP) is 1.56. The van der Waals surface area contributed by atoms with Crippen molar-refractivity contribution in [3.05, 3.63) is 0 Å². The number of carbonyl (C=O) groups is 1. The van der Waals surface area contributed by atoms with Crippen molar-refractivity contribution in [1.29, 1.82) is 0 Å². The van der Waals surface area contributed by atoms with E-state index in [1.54, 1.807) is 6.92 Å². The van der Waals surface area contributed by atoms with Gasteiger partial charge < -0.3 is 10.5 Å². The molecule has 3 nitrogen and oxygen atoms in total. The topological polar surface area (TPSA) is 52.3 Å². The van der Waals surface area contributed by atoms with Gasteiger partial charge in [0.1, 0.15) is 0 Å². The smallest absolute Gasteiger partial charge is 0.310 e. The van der Waals surface area contributed by atoms with Crippen LogP contribution in [0.1, 0.15) is 26.2 Å². The summed E-state index contributed by atoms with van der Waals surface area (Å²) in [6, 6.07) is -0.749. The van der Waals surface area contributed by atoms with Gasteiger partial charge in [-0.15, -0.1) is 0 Å². The molecular formula is C11H17F2NO2. The van der Waals surface area contributed by atoms with Crippen LogP contribution in [0.25, 0.3) is 0 Å². The number of hydrogen-bond donors (Lipinski definition) is 1. The molecule has 0 aromatic carbocycles. The highest BCUT2D eigenvalue weighted by Crippen LogP contribution is 2.52. The number of rotatable bonds is 2. The van der Waals surface area contributed by atoms with E-state index in [4.69, 9.17) is 10.5 Å². The van der Waals surface area contributed by atoms with E-state index in [0.29, 0.717) is 12.8 Å². The van der Waals surface area contributed by atoms with Gasteiger partial charge in [-0.25, -0.2) is 8.78 Å².